The van der Waals surface area contributed by atoms with Crippen molar-refractivity contribution in [3.8, 4) is 11.1 Å². The predicted octanol–water partition coefficient (Wildman–Crippen LogP) is 3.81. The highest BCUT2D eigenvalue weighted by molar-refractivity contribution is 5.70. The lowest BCUT2D eigenvalue weighted by atomic mass is 9.84. The highest BCUT2D eigenvalue weighted by Crippen LogP contribution is 2.30. The summed E-state index contributed by atoms with van der Waals surface area (Å²) in [6.45, 7) is 9.38. The topological polar surface area (TPSA) is 38.9 Å². The van der Waals surface area contributed by atoms with E-state index in [2.05, 4.69) is 50.9 Å². The van der Waals surface area contributed by atoms with E-state index in [-0.39, 0.29) is 5.41 Å². The van der Waals surface area contributed by atoms with Crippen molar-refractivity contribution in [3.05, 3.63) is 53.3 Å². The maximum Gasteiger partial charge on any atom is 0.0318 e. The molecule has 1 aromatic heterocycles. The Labute approximate surface area is 115 Å². The van der Waals surface area contributed by atoms with Gasteiger partial charge in [-0.25, -0.2) is 0 Å². The van der Waals surface area contributed by atoms with E-state index in [1.807, 2.05) is 18.5 Å². The Kier molecular flexibility index (Phi) is 3.72. The second-order valence-electron chi connectivity index (χ2n) is 6.02. The molecule has 0 radical (unpaired) electrons. The summed E-state index contributed by atoms with van der Waals surface area (Å²) in [6, 6.07) is 8.73. The third-order valence-electron chi connectivity index (χ3n) is 3.51. The quantitative estimate of drug-likeness (QED) is 0.885. The summed E-state index contributed by atoms with van der Waals surface area (Å²) in [7, 11) is 0. The zero-order valence-corrected chi connectivity index (χ0v) is 12.2. The van der Waals surface area contributed by atoms with E-state index in [1.54, 1.807) is 0 Å². The summed E-state index contributed by atoms with van der Waals surface area (Å²) < 4.78 is 0. The van der Waals surface area contributed by atoms with Crippen LogP contribution >= 0.6 is 0 Å². The highest BCUT2D eigenvalue weighted by Gasteiger charge is 2.15. The first-order valence-corrected chi connectivity index (χ1v) is 6.68. The second-order valence-corrected chi connectivity index (χ2v) is 6.02. The summed E-state index contributed by atoms with van der Waals surface area (Å²) in [5.41, 5.74) is 12.1. The van der Waals surface area contributed by atoms with Gasteiger partial charge in [-0.05, 0) is 46.2 Å². The molecule has 0 bridgehead atoms. The first-order valence-electron chi connectivity index (χ1n) is 6.68. The lowest BCUT2D eigenvalue weighted by Gasteiger charge is -2.21. The predicted molar refractivity (Wildman–Crippen MR) is 81.0 cm³/mol. The molecule has 0 atom stereocenters. The molecule has 2 heteroatoms. The van der Waals surface area contributed by atoms with Crippen molar-refractivity contribution < 1.29 is 0 Å². The molecule has 2 rings (SSSR count). The van der Waals surface area contributed by atoms with Gasteiger partial charge in [0.15, 0.2) is 0 Å². The Morgan fingerprint density at radius 3 is 2.42 bits per heavy atom. The van der Waals surface area contributed by atoms with Gasteiger partial charge in [0.1, 0.15) is 0 Å². The molecule has 19 heavy (non-hydrogen) atoms. The number of nitrogens with two attached hydrogens (primary N) is 1. The van der Waals surface area contributed by atoms with Crippen molar-refractivity contribution in [1.29, 1.82) is 0 Å². The van der Waals surface area contributed by atoms with Gasteiger partial charge < -0.3 is 5.73 Å². The van der Waals surface area contributed by atoms with Crippen LogP contribution in [0.2, 0.25) is 0 Å². The van der Waals surface area contributed by atoms with Crippen molar-refractivity contribution in [2.45, 2.75) is 39.7 Å². The summed E-state index contributed by atoms with van der Waals surface area (Å²) in [5.74, 6) is 0. The number of pyridine rings is 1. The van der Waals surface area contributed by atoms with E-state index in [4.69, 9.17) is 5.73 Å². The molecule has 2 N–H and O–H groups in total. The number of hydrogen-bond donors (Lipinski definition) is 1. The van der Waals surface area contributed by atoms with Crippen LogP contribution < -0.4 is 5.73 Å². The lowest BCUT2D eigenvalue weighted by Crippen LogP contribution is -2.11. The molecule has 0 unspecified atom stereocenters. The van der Waals surface area contributed by atoms with E-state index < -0.39 is 0 Å². The zero-order chi connectivity index (χ0) is 14.0. The summed E-state index contributed by atoms with van der Waals surface area (Å²) >= 11 is 0. The fourth-order valence-corrected chi connectivity index (χ4v) is 2.28. The van der Waals surface area contributed by atoms with Gasteiger partial charge in [0.05, 0.1) is 0 Å². The van der Waals surface area contributed by atoms with Gasteiger partial charge in [0.25, 0.3) is 0 Å². The Hall–Kier alpha value is -1.67. The Bertz CT molecular complexity index is 580. The summed E-state index contributed by atoms with van der Waals surface area (Å²) in [5, 5.41) is 0. The standard InChI is InChI=1S/C17H22N2/c1-12-9-14(17(2,3)4)5-6-15(12)16-7-8-19-11-13(16)10-18/h5-9,11H,10,18H2,1-4H3. The molecular weight excluding hydrogens is 232 g/mol. The molecule has 0 saturated heterocycles. The van der Waals surface area contributed by atoms with E-state index in [9.17, 15) is 0 Å². The van der Waals surface area contributed by atoms with E-state index >= 15 is 0 Å². The molecule has 2 aromatic rings. The number of hydrogen-bond acceptors (Lipinski definition) is 2. The number of aromatic nitrogens is 1. The van der Waals surface area contributed by atoms with Crippen LogP contribution in [0.3, 0.4) is 0 Å². The zero-order valence-electron chi connectivity index (χ0n) is 12.2. The van der Waals surface area contributed by atoms with Crippen molar-refractivity contribution in [1.82, 2.24) is 4.98 Å². The largest absolute Gasteiger partial charge is 0.326 e. The molecule has 0 amide bonds. The van der Waals surface area contributed by atoms with Gasteiger partial charge in [0.2, 0.25) is 0 Å². The minimum atomic E-state index is 0.179. The van der Waals surface area contributed by atoms with Gasteiger partial charge in [0, 0.05) is 18.9 Å². The Morgan fingerprint density at radius 1 is 1.11 bits per heavy atom. The number of nitrogens with zero attached hydrogens (tertiary/aromatic N) is 1. The molecule has 0 aliphatic rings. The van der Waals surface area contributed by atoms with Gasteiger partial charge >= 0.3 is 0 Å². The van der Waals surface area contributed by atoms with Crippen LogP contribution in [0.25, 0.3) is 11.1 Å². The van der Waals surface area contributed by atoms with Crippen LogP contribution in [0.1, 0.15) is 37.5 Å². The first kappa shape index (κ1) is 13.8. The third-order valence-corrected chi connectivity index (χ3v) is 3.51. The molecule has 1 heterocycles. The molecule has 0 aliphatic carbocycles. The molecule has 0 aliphatic heterocycles. The molecule has 100 valence electrons. The number of rotatable bonds is 2. The van der Waals surface area contributed by atoms with Gasteiger partial charge in [-0.15, -0.1) is 0 Å². The van der Waals surface area contributed by atoms with Crippen LogP contribution in [0, 0.1) is 6.92 Å². The second kappa shape index (κ2) is 5.14. The SMILES string of the molecule is Cc1cc(C(C)(C)C)ccc1-c1ccncc1CN. The van der Waals surface area contributed by atoms with Crippen LogP contribution in [0.4, 0.5) is 0 Å². The van der Waals surface area contributed by atoms with Crippen molar-refractivity contribution in [3.63, 3.8) is 0 Å². The minimum absolute atomic E-state index is 0.179. The number of aryl methyl sites for hydroxylation is 1. The van der Waals surface area contributed by atoms with E-state index in [0.717, 1.165) is 5.56 Å². The lowest BCUT2D eigenvalue weighted by molar-refractivity contribution is 0.590. The summed E-state index contributed by atoms with van der Waals surface area (Å²) in [4.78, 5) is 4.15. The van der Waals surface area contributed by atoms with Crippen LogP contribution in [0.5, 0.6) is 0 Å². The molecule has 0 spiro atoms. The van der Waals surface area contributed by atoms with Crippen molar-refractivity contribution in [2.24, 2.45) is 5.73 Å². The fraction of sp³-hybridized carbons (Fsp3) is 0.353. The van der Waals surface area contributed by atoms with Crippen molar-refractivity contribution in [2.75, 3.05) is 0 Å². The maximum atomic E-state index is 5.80. The fourth-order valence-electron chi connectivity index (χ4n) is 2.28. The normalized spacial score (nSPS) is 11.6. The minimum Gasteiger partial charge on any atom is -0.326 e. The maximum absolute atomic E-state index is 5.80. The smallest absolute Gasteiger partial charge is 0.0318 e. The molecule has 0 fully saturated rings. The van der Waals surface area contributed by atoms with E-state index in [1.165, 1.54) is 22.3 Å². The first-order chi connectivity index (χ1) is 8.93. The van der Waals surface area contributed by atoms with Crippen LogP contribution in [0.15, 0.2) is 36.7 Å². The summed E-state index contributed by atoms with van der Waals surface area (Å²) in [6.07, 6.45) is 3.68. The van der Waals surface area contributed by atoms with Gasteiger partial charge in [-0.2, -0.15) is 0 Å². The Balaban J connectivity index is 2.53. The van der Waals surface area contributed by atoms with Gasteiger partial charge in [-0.3, -0.25) is 4.98 Å². The van der Waals surface area contributed by atoms with Gasteiger partial charge in [-0.1, -0.05) is 39.0 Å². The van der Waals surface area contributed by atoms with Crippen LogP contribution in [-0.2, 0) is 12.0 Å². The number of benzene rings is 1. The average molecular weight is 254 g/mol. The van der Waals surface area contributed by atoms with Crippen molar-refractivity contribution >= 4 is 0 Å². The molecule has 1 aromatic carbocycles. The molecule has 2 nitrogen and oxygen atoms in total. The highest BCUT2D eigenvalue weighted by atomic mass is 14.6. The molecule has 0 saturated carbocycles. The average Bonchev–Trinajstić information content (AvgIpc) is 2.37. The third kappa shape index (κ3) is 2.85. The monoisotopic (exact) mass is 254 g/mol. The molecular formula is C17H22N2. The van der Waals surface area contributed by atoms with E-state index in [0.29, 0.717) is 6.54 Å². The van der Waals surface area contributed by atoms with Crippen LogP contribution in [-0.4, -0.2) is 4.98 Å². The Morgan fingerprint density at radius 2 is 1.84 bits per heavy atom.